The standard InChI is InChI=1S/C17H32N4.HI/c1-2-18-17(20-15-6-4-3-5-7-15)19-12-14-10-11-21(13-14)16-8-9-16;/h14-16H,2-13H2,1H3,(H2,18,19,20);1H. The minimum absolute atomic E-state index is 0. The molecule has 0 spiro atoms. The predicted octanol–water partition coefficient (Wildman–Crippen LogP) is 2.98. The first kappa shape index (κ1) is 18.3. The van der Waals surface area contributed by atoms with Crippen molar-refractivity contribution >= 4 is 29.9 Å². The van der Waals surface area contributed by atoms with Crippen LogP contribution in [0.1, 0.15) is 58.3 Å². The number of rotatable bonds is 5. The summed E-state index contributed by atoms with van der Waals surface area (Å²) in [6, 6.07) is 1.57. The molecule has 0 bridgehead atoms. The van der Waals surface area contributed by atoms with Crippen LogP contribution in [0, 0.1) is 5.92 Å². The summed E-state index contributed by atoms with van der Waals surface area (Å²) in [6.45, 7) is 6.68. The Labute approximate surface area is 152 Å². The Kier molecular flexibility index (Phi) is 7.74. The highest BCUT2D eigenvalue weighted by atomic mass is 127. The first-order valence-corrected chi connectivity index (χ1v) is 9.14. The Hall–Kier alpha value is -0.0400. The van der Waals surface area contributed by atoms with Crippen molar-refractivity contribution in [1.29, 1.82) is 0 Å². The van der Waals surface area contributed by atoms with Crippen molar-refractivity contribution in [3.63, 3.8) is 0 Å². The molecule has 5 heteroatoms. The van der Waals surface area contributed by atoms with Gasteiger partial charge >= 0.3 is 0 Å². The first-order chi connectivity index (χ1) is 10.3. The SMILES string of the molecule is CCNC(=NCC1CCN(C2CC2)C1)NC1CCCCC1.I. The van der Waals surface area contributed by atoms with E-state index in [2.05, 4.69) is 22.5 Å². The Morgan fingerprint density at radius 3 is 2.55 bits per heavy atom. The van der Waals surface area contributed by atoms with Crippen LogP contribution in [0.3, 0.4) is 0 Å². The zero-order chi connectivity index (χ0) is 14.5. The van der Waals surface area contributed by atoms with Gasteiger partial charge in [0.15, 0.2) is 5.96 Å². The van der Waals surface area contributed by atoms with Gasteiger partial charge in [-0.2, -0.15) is 0 Å². The number of likely N-dealkylation sites (tertiary alicyclic amines) is 1. The molecule has 3 fully saturated rings. The normalized spacial score (nSPS) is 27.5. The fourth-order valence-electron chi connectivity index (χ4n) is 3.76. The average Bonchev–Trinajstić information content (AvgIpc) is 3.25. The molecule has 2 N–H and O–H groups in total. The molecule has 0 aromatic heterocycles. The first-order valence-electron chi connectivity index (χ1n) is 9.14. The molecule has 4 nitrogen and oxygen atoms in total. The molecule has 3 rings (SSSR count). The van der Waals surface area contributed by atoms with Gasteiger partial charge < -0.3 is 15.5 Å². The fourth-order valence-corrected chi connectivity index (χ4v) is 3.76. The zero-order valence-electron chi connectivity index (χ0n) is 14.0. The summed E-state index contributed by atoms with van der Waals surface area (Å²) in [4.78, 5) is 7.55. The van der Waals surface area contributed by atoms with Crippen molar-refractivity contribution < 1.29 is 0 Å². The van der Waals surface area contributed by atoms with Gasteiger partial charge in [-0.25, -0.2) is 0 Å². The third-order valence-electron chi connectivity index (χ3n) is 5.18. The van der Waals surface area contributed by atoms with Crippen molar-refractivity contribution in [1.82, 2.24) is 15.5 Å². The molecule has 3 aliphatic rings. The minimum Gasteiger partial charge on any atom is -0.357 e. The number of hydrogen-bond acceptors (Lipinski definition) is 2. The number of guanidine groups is 1. The highest BCUT2D eigenvalue weighted by molar-refractivity contribution is 14.0. The lowest BCUT2D eigenvalue weighted by molar-refractivity contribution is 0.315. The minimum atomic E-state index is 0. The van der Waals surface area contributed by atoms with Gasteiger partial charge in [-0.15, -0.1) is 24.0 Å². The van der Waals surface area contributed by atoms with E-state index in [-0.39, 0.29) is 24.0 Å². The highest BCUT2D eigenvalue weighted by Gasteiger charge is 2.34. The van der Waals surface area contributed by atoms with E-state index in [4.69, 9.17) is 4.99 Å². The second-order valence-corrected chi connectivity index (χ2v) is 7.08. The van der Waals surface area contributed by atoms with E-state index in [0.717, 1.165) is 31.0 Å². The molecule has 1 saturated heterocycles. The summed E-state index contributed by atoms with van der Waals surface area (Å²) in [5.41, 5.74) is 0. The topological polar surface area (TPSA) is 39.7 Å². The molecule has 0 radical (unpaired) electrons. The fraction of sp³-hybridized carbons (Fsp3) is 0.941. The summed E-state index contributed by atoms with van der Waals surface area (Å²) in [5, 5.41) is 7.08. The van der Waals surface area contributed by atoms with Crippen molar-refractivity contribution in [3.05, 3.63) is 0 Å². The summed E-state index contributed by atoms with van der Waals surface area (Å²) >= 11 is 0. The lowest BCUT2D eigenvalue weighted by atomic mass is 9.96. The van der Waals surface area contributed by atoms with E-state index in [1.165, 1.54) is 64.5 Å². The molecule has 0 aromatic rings. The van der Waals surface area contributed by atoms with Gasteiger partial charge in [-0.3, -0.25) is 4.99 Å². The van der Waals surface area contributed by atoms with Crippen LogP contribution >= 0.6 is 24.0 Å². The third kappa shape index (κ3) is 5.55. The quantitative estimate of drug-likeness (QED) is 0.408. The number of halogens is 1. The molecule has 2 aliphatic carbocycles. The lowest BCUT2D eigenvalue weighted by Crippen LogP contribution is -2.44. The van der Waals surface area contributed by atoms with Crippen LogP contribution in [0.4, 0.5) is 0 Å². The van der Waals surface area contributed by atoms with Crippen molar-refractivity contribution in [2.45, 2.75) is 70.4 Å². The molecule has 128 valence electrons. The van der Waals surface area contributed by atoms with Gasteiger partial charge in [0.2, 0.25) is 0 Å². The summed E-state index contributed by atoms with van der Waals surface area (Å²) in [7, 11) is 0. The molecular weight excluding hydrogens is 387 g/mol. The second-order valence-electron chi connectivity index (χ2n) is 7.08. The highest BCUT2D eigenvalue weighted by Crippen LogP contribution is 2.31. The summed E-state index contributed by atoms with van der Waals surface area (Å²) in [5.74, 6) is 1.82. The van der Waals surface area contributed by atoms with Crippen LogP contribution in [0.2, 0.25) is 0 Å². The van der Waals surface area contributed by atoms with Crippen LogP contribution in [0.25, 0.3) is 0 Å². The molecule has 1 unspecified atom stereocenters. The maximum absolute atomic E-state index is 4.87. The predicted molar refractivity (Wildman–Crippen MR) is 104 cm³/mol. The van der Waals surface area contributed by atoms with Crippen LogP contribution in [0.15, 0.2) is 4.99 Å². The second kappa shape index (κ2) is 9.30. The van der Waals surface area contributed by atoms with Gasteiger partial charge in [0.25, 0.3) is 0 Å². The van der Waals surface area contributed by atoms with Crippen molar-refractivity contribution in [2.24, 2.45) is 10.9 Å². The van der Waals surface area contributed by atoms with E-state index in [1.54, 1.807) is 0 Å². The van der Waals surface area contributed by atoms with Gasteiger partial charge in [0, 0.05) is 31.7 Å². The van der Waals surface area contributed by atoms with Gasteiger partial charge in [0.05, 0.1) is 0 Å². The maximum Gasteiger partial charge on any atom is 0.191 e. The van der Waals surface area contributed by atoms with Crippen LogP contribution in [-0.2, 0) is 0 Å². The average molecular weight is 420 g/mol. The maximum atomic E-state index is 4.87. The summed E-state index contributed by atoms with van der Waals surface area (Å²) < 4.78 is 0. The number of hydrogen-bond donors (Lipinski definition) is 2. The zero-order valence-corrected chi connectivity index (χ0v) is 16.4. The van der Waals surface area contributed by atoms with Crippen molar-refractivity contribution in [2.75, 3.05) is 26.2 Å². The Morgan fingerprint density at radius 1 is 1.09 bits per heavy atom. The van der Waals surface area contributed by atoms with E-state index >= 15 is 0 Å². The van der Waals surface area contributed by atoms with Crippen LogP contribution in [0.5, 0.6) is 0 Å². The molecule has 22 heavy (non-hydrogen) atoms. The van der Waals surface area contributed by atoms with E-state index in [0.29, 0.717) is 6.04 Å². The number of nitrogens with zero attached hydrogens (tertiary/aromatic N) is 2. The third-order valence-corrected chi connectivity index (χ3v) is 5.18. The van der Waals surface area contributed by atoms with Gasteiger partial charge in [-0.05, 0) is 51.5 Å². The molecule has 0 aromatic carbocycles. The van der Waals surface area contributed by atoms with E-state index in [9.17, 15) is 0 Å². The molecular formula is C17H33IN4. The Balaban J connectivity index is 0.00000176. The van der Waals surface area contributed by atoms with Crippen LogP contribution in [-0.4, -0.2) is 49.1 Å². The Bertz CT molecular complexity index is 351. The van der Waals surface area contributed by atoms with Crippen LogP contribution < -0.4 is 10.6 Å². The largest absolute Gasteiger partial charge is 0.357 e. The lowest BCUT2D eigenvalue weighted by Gasteiger charge is -2.25. The Morgan fingerprint density at radius 2 is 1.86 bits per heavy atom. The summed E-state index contributed by atoms with van der Waals surface area (Å²) in [6.07, 6.45) is 11.0. The monoisotopic (exact) mass is 420 g/mol. The molecule has 2 saturated carbocycles. The number of nitrogens with one attached hydrogen (secondary N) is 2. The molecule has 1 heterocycles. The molecule has 1 aliphatic heterocycles. The van der Waals surface area contributed by atoms with E-state index in [1.807, 2.05) is 0 Å². The van der Waals surface area contributed by atoms with Crippen molar-refractivity contribution in [3.8, 4) is 0 Å². The smallest absolute Gasteiger partial charge is 0.191 e. The van der Waals surface area contributed by atoms with Gasteiger partial charge in [0.1, 0.15) is 0 Å². The molecule has 1 atom stereocenters. The van der Waals surface area contributed by atoms with Gasteiger partial charge in [-0.1, -0.05) is 19.3 Å². The molecule has 0 amide bonds. The van der Waals surface area contributed by atoms with E-state index < -0.39 is 0 Å². The number of aliphatic imine (C=N–C) groups is 1.